The Morgan fingerprint density at radius 2 is 2.26 bits per heavy atom. The van der Waals surface area contributed by atoms with Crippen molar-refractivity contribution in [2.45, 2.75) is 19.5 Å². The number of benzene rings is 1. The molecule has 2 aromatic rings. The number of hydrogen-bond donors (Lipinski definition) is 3. The highest BCUT2D eigenvalue weighted by Gasteiger charge is 2.34. The minimum Gasteiger partial charge on any atom is -0.508 e. The predicted molar refractivity (Wildman–Crippen MR) is 82.1 cm³/mol. The molecule has 2 amide bonds. The number of H-pyrrole nitrogens is 1. The first-order valence-corrected chi connectivity index (χ1v) is 7.43. The number of phenolic OH excluding ortho intramolecular Hbond substituents is 1. The summed E-state index contributed by atoms with van der Waals surface area (Å²) >= 11 is 0. The van der Waals surface area contributed by atoms with Crippen LogP contribution >= 0.6 is 0 Å². The molecule has 0 radical (unpaired) electrons. The van der Waals surface area contributed by atoms with E-state index in [2.05, 4.69) is 15.3 Å². The van der Waals surface area contributed by atoms with Crippen LogP contribution in [0.15, 0.2) is 36.8 Å². The Labute approximate surface area is 133 Å². The molecule has 3 N–H and O–H groups in total. The Kier molecular flexibility index (Phi) is 4.27. The van der Waals surface area contributed by atoms with E-state index in [1.54, 1.807) is 35.6 Å². The molecule has 2 heterocycles. The fourth-order valence-corrected chi connectivity index (χ4v) is 2.66. The van der Waals surface area contributed by atoms with Gasteiger partial charge in [-0.1, -0.05) is 18.2 Å². The number of aromatic amines is 1. The molecule has 1 fully saturated rings. The number of nitrogens with zero attached hydrogens (tertiary/aromatic N) is 2. The van der Waals surface area contributed by atoms with E-state index in [0.717, 1.165) is 5.69 Å². The summed E-state index contributed by atoms with van der Waals surface area (Å²) in [5.41, 5.74) is 1.49. The minimum absolute atomic E-state index is 0.0741. The van der Waals surface area contributed by atoms with E-state index in [0.29, 0.717) is 25.2 Å². The van der Waals surface area contributed by atoms with Crippen molar-refractivity contribution in [3.8, 4) is 5.75 Å². The van der Waals surface area contributed by atoms with Gasteiger partial charge in [0.25, 0.3) is 0 Å². The van der Waals surface area contributed by atoms with E-state index in [4.69, 9.17) is 0 Å². The van der Waals surface area contributed by atoms with Crippen molar-refractivity contribution in [1.29, 1.82) is 0 Å². The van der Waals surface area contributed by atoms with Crippen molar-refractivity contribution >= 4 is 11.8 Å². The fourth-order valence-electron chi connectivity index (χ4n) is 2.66. The van der Waals surface area contributed by atoms with Crippen molar-refractivity contribution in [3.05, 3.63) is 48.0 Å². The highest BCUT2D eigenvalue weighted by Crippen LogP contribution is 2.24. The highest BCUT2D eigenvalue weighted by atomic mass is 16.3. The van der Waals surface area contributed by atoms with Gasteiger partial charge in [0.1, 0.15) is 5.75 Å². The van der Waals surface area contributed by atoms with E-state index in [9.17, 15) is 14.7 Å². The first-order chi connectivity index (χ1) is 11.1. The second kappa shape index (κ2) is 6.51. The molecule has 120 valence electrons. The van der Waals surface area contributed by atoms with E-state index < -0.39 is 0 Å². The number of phenols is 1. The zero-order valence-corrected chi connectivity index (χ0v) is 12.5. The van der Waals surface area contributed by atoms with Crippen LogP contribution in [-0.2, 0) is 22.7 Å². The fraction of sp³-hybridized carbons (Fsp3) is 0.312. The van der Waals surface area contributed by atoms with E-state index in [-0.39, 0.29) is 29.9 Å². The molecule has 1 aliphatic heterocycles. The van der Waals surface area contributed by atoms with Crippen LogP contribution < -0.4 is 5.32 Å². The van der Waals surface area contributed by atoms with Gasteiger partial charge in [0, 0.05) is 31.3 Å². The molecule has 1 aliphatic rings. The predicted octanol–water partition coefficient (Wildman–Crippen LogP) is 0.780. The number of carbonyl (C=O) groups is 2. The number of aromatic nitrogens is 2. The molecule has 7 heteroatoms. The molecule has 1 aromatic heterocycles. The Balaban J connectivity index is 1.56. The number of nitrogens with one attached hydrogen (secondary N) is 2. The van der Waals surface area contributed by atoms with Crippen LogP contribution in [0.2, 0.25) is 0 Å². The van der Waals surface area contributed by atoms with Gasteiger partial charge in [0.15, 0.2) is 0 Å². The molecule has 0 aliphatic carbocycles. The number of likely N-dealkylation sites (tertiary alicyclic amines) is 1. The average molecular weight is 314 g/mol. The number of para-hydroxylation sites is 1. The van der Waals surface area contributed by atoms with Gasteiger partial charge in [-0.2, -0.15) is 0 Å². The van der Waals surface area contributed by atoms with Gasteiger partial charge in [0.2, 0.25) is 11.8 Å². The zero-order chi connectivity index (χ0) is 16.2. The quantitative estimate of drug-likeness (QED) is 0.759. The van der Waals surface area contributed by atoms with Crippen LogP contribution in [0.5, 0.6) is 5.75 Å². The molecule has 7 nitrogen and oxygen atoms in total. The van der Waals surface area contributed by atoms with E-state index in [1.165, 1.54) is 0 Å². The smallest absolute Gasteiger partial charge is 0.225 e. The third-order valence-corrected chi connectivity index (χ3v) is 3.95. The molecule has 0 saturated carbocycles. The summed E-state index contributed by atoms with van der Waals surface area (Å²) < 4.78 is 0. The minimum atomic E-state index is -0.365. The van der Waals surface area contributed by atoms with Crippen LogP contribution in [-0.4, -0.2) is 38.3 Å². The van der Waals surface area contributed by atoms with Crippen molar-refractivity contribution in [2.75, 3.05) is 6.54 Å². The number of imidazole rings is 1. The molecule has 1 saturated heterocycles. The van der Waals surface area contributed by atoms with Crippen molar-refractivity contribution < 1.29 is 14.7 Å². The van der Waals surface area contributed by atoms with Gasteiger partial charge in [0.05, 0.1) is 24.5 Å². The highest BCUT2D eigenvalue weighted by molar-refractivity contribution is 5.89. The van der Waals surface area contributed by atoms with E-state index >= 15 is 0 Å². The van der Waals surface area contributed by atoms with Gasteiger partial charge in [-0.15, -0.1) is 0 Å². The lowest BCUT2D eigenvalue weighted by molar-refractivity contribution is -0.129. The molecule has 1 unspecified atom stereocenters. The summed E-state index contributed by atoms with van der Waals surface area (Å²) in [6.45, 7) is 1.04. The zero-order valence-electron chi connectivity index (χ0n) is 12.5. The molecule has 0 bridgehead atoms. The van der Waals surface area contributed by atoms with Crippen LogP contribution in [0, 0.1) is 5.92 Å². The van der Waals surface area contributed by atoms with Crippen LogP contribution in [0.25, 0.3) is 0 Å². The summed E-state index contributed by atoms with van der Waals surface area (Å²) in [5, 5.41) is 12.6. The lowest BCUT2D eigenvalue weighted by Crippen LogP contribution is -2.32. The first kappa shape index (κ1) is 15.1. The standard InChI is InChI=1S/C16H18N4O3/c21-14-4-2-1-3-11(14)8-20-9-12(5-15(20)22)16(23)18-7-13-6-17-10-19-13/h1-4,6,10,12,21H,5,7-9H2,(H,17,19)(H,18,23). The Hall–Kier alpha value is -2.83. The van der Waals surface area contributed by atoms with Crippen molar-refractivity contribution in [1.82, 2.24) is 20.2 Å². The topological polar surface area (TPSA) is 98.3 Å². The number of aromatic hydroxyl groups is 1. The Morgan fingerprint density at radius 1 is 1.43 bits per heavy atom. The maximum Gasteiger partial charge on any atom is 0.225 e. The van der Waals surface area contributed by atoms with Gasteiger partial charge in [-0.05, 0) is 6.07 Å². The van der Waals surface area contributed by atoms with Gasteiger partial charge in [-0.25, -0.2) is 4.98 Å². The molecular weight excluding hydrogens is 296 g/mol. The summed E-state index contributed by atoms with van der Waals surface area (Å²) in [6, 6.07) is 6.90. The molecule has 3 rings (SSSR count). The number of hydrogen-bond acceptors (Lipinski definition) is 4. The number of carbonyl (C=O) groups excluding carboxylic acids is 2. The van der Waals surface area contributed by atoms with Crippen LogP contribution in [0.3, 0.4) is 0 Å². The van der Waals surface area contributed by atoms with Crippen LogP contribution in [0.4, 0.5) is 0 Å². The molecule has 23 heavy (non-hydrogen) atoms. The average Bonchev–Trinajstić information content (AvgIpc) is 3.18. The second-order valence-electron chi connectivity index (χ2n) is 5.60. The van der Waals surface area contributed by atoms with Gasteiger partial charge >= 0.3 is 0 Å². The molecule has 0 spiro atoms. The van der Waals surface area contributed by atoms with E-state index in [1.807, 2.05) is 6.07 Å². The summed E-state index contributed by atoms with van der Waals surface area (Å²) in [5.74, 6) is -0.425. The second-order valence-corrected chi connectivity index (χ2v) is 5.60. The van der Waals surface area contributed by atoms with Crippen molar-refractivity contribution in [2.24, 2.45) is 5.92 Å². The first-order valence-electron chi connectivity index (χ1n) is 7.43. The maximum absolute atomic E-state index is 12.2. The lowest BCUT2D eigenvalue weighted by Gasteiger charge is -2.17. The monoisotopic (exact) mass is 314 g/mol. The third-order valence-electron chi connectivity index (χ3n) is 3.95. The third kappa shape index (κ3) is 3.50. The summed E-state index contributed by atoms with van der Waals surface area (Å²) in [7, 11) is 0. The molecular formula is C16H18N4O3. The maximum atomic E-state index is 12.2. The normalized spacial score (nSPS) is 17.5. The Bertz CT molecular complexity index is 699. The largest absolute Gasteiger partial charge is 0.508 e. The molecule has 1 aromatic carbocycles. The van der Waals surface area contributed by atoms with Crippen molar-refractivity contribution in [3.63, 3.8) is 0 Å². The number of rotatable bonds is 5. The van der Waals surface area contributed by atoms with Gasteiger partial charge < -0.3 is 20.3 Å². The SMILES string of the molecule is O=C(NCc1cnc[nH]1)C1CC(=O)N(Cc2ccccc2O)C1. The summed E-state index contributed by atoms with van der Waals surface area (Å²) in [6.07, 6.45) is 3.39. The molecule has 1 atom stereocenters. The van der Waals surface area contributed by atoms with Crippen LogP contribution in [0.1, 0.15) is 17.7 Å². The summed E-state index contributed by atoms with van der Waals surface area (Å²) in [4.78, 5) is 32.7. The van der Waals surface area contributed by atoms with Gasteiger partial charge in [-0.3, -0.25) is 9.59 Å². The Morgan fingerprint density at radius 3 is 3.00 bits per heavy atom. The lowest BCUT2D eigenvalue weighted by atomic mass is 10.1. The number of amides is 2.